The van der Waals surface area contributed by atoms with Gasteiger partial charge in [-0.15, -0.1) is 0 Å². The van der Waals surface area contributed by atoms with E-state index in [1.165, 1.54) is 89.9 Å². The standard InChI is InChI=1S/C19H40/c1-5-7-9-10-11-12-13-14-15-16-18-19(3,4)17-8-6-2/h5-18H2,1-4H3. The topological polar surface area (TPSA) is 0 Å². The monoisotopic (exact) mass is 268 g/mol. The zero-order valence-electron chi connectivity index (χ0n) is 14.4. The van der Waals surface area contributed by atoms with Crippen molar-refractivity contribution in [2.24, 2.45) is 5.41 Å². The summed E-state index contributed by atoms with van der Waals surface area (Å²) in [4.78, 5) is 0. The van der Waals surface area contributed by atoms with Crippen molar-refractivity contribution >= 4 is 0 Å². The first-order chi connectivity index (χ1) is 9.12. The number of hydrogen-bond acceptors (Lipinski definition) is 0. The lowest BCUT2D eigenvalue weighted by Crippen LogP contribution is -2.10. The Bertz CT molecular complexity index is 169. The molecular weight excluding hydrogens is 228 g/mol. The van der Waals surface area contributed by atoms with Gasteiger partial charge in [0.25, 0.3) is 0 Å². The first-order valence-electron chi connectivity index (χ1n) is 9.12. The molecule has 116 valence electrons. The van der Waals surface area contributed by atoms with Crippen molar-refractivity contribution in [3.63, 3.8) is 0 Å². The van der Waals surface area contributed by atoms with Crippen LogP contribution in [0.15, 0.2) is 0 Å². The van der Waals surface area contributed by atoms with Crippen LogP contribution in [0.25, 0.3) is 0 Å². The maximum atomic E-state index is 2.45. The number of unbranched alkanes of at least 4 members (excludes halogenated alkanes) is 10. The van der Waals surface area contributed by atoms with Gasteiger partial charge in [-0.2, -0.15) is 0 Å². The van der Waals surface area contributed by atoms with Gasteiger partial charge in [0.15, 0.2) is 0 Å². The van der Waals surface area contributed by atoms with Gasteiger partial charge in [-0.05, 0) is 18.3 Å². The summed E-state index contributed by atoms with van der Waals surface area (Å²) in [7, 11) is 0. The SMILES string of the molecule is CCCCCCCCCCCCC(C)(C)CCCC. The van der Waals surface area contributed by atoms with Gasteiger partial charge in [0.2, 0.25) is 0 Å². The first kappa shape index (κ1) is 19.0. The highest BCUT2D eigenvalue weighted by molar-refractivity contribution is 4.68. The molecule has 0 aromatic carbocycles. The number of hydrogen-bond donors (Lipinski definition) is 0. The molecule has 0 saturated heterocycles. The molecule has 0 radical (unpaired) electrons. The molecule has 0 aromatic heterocycles. The maximum absolute atomic E-state index is 2.45. The van der Waals surface area contributed by atoms with Crippen molar-refractivity contribution in [1.82, 2.24) is 0 Å². The van der Waals surface area contributed by atoms with E-state index in [9.17, 15) is 0 Å². The van der Waals surface area contributed by atoms with Crippen LogP contribution in [0, 0.1) is 5.41 Å². The van der Waals surface area contributed by atoms with Crippen molar-refractivity contribution in [3.8, 4) is 0 Å². The van der Waals surface area contributed by atoms with E-state index in [2.05, 4.69) is 27.7 Å². The molecular formula is C19H40. The van der Waals surface area contributed by atoms with E-state index in [0.717, 1.165) is 0 Å². The lowest BCUT2D eigenvalue weighted by molar-refractivity contribution is 0.285. The maximum Gasteiger partial charge on any atom is -0.0354 e. The molecule has 0 heteroatoms. The van der Waals surface area contributed by atoms with E-state index in [1.54, 1.807) is 0 Å². The Morgan fingerprint density at radius 1 is 0.474 bits per heavy atom. The van der Waals surface area contributed by atoms with Crippen LogP contribution < -0.4 is 0 Å². The Hall–Kier alpha value is 0. The second kappa shape index (κ2) is 13.0. The molecule has 19 heavy (non-hydrogen) atoms. The molecule has 0 bridgehead atoms. The summed E-state index contributed by atoms with van der Waals surface area (Å²) in [6, 6.07) is 0. The van der Waals surface area contributed by atoms with E-state index >= 15 is 0 Å². The van der Waals surface area contributed by atoms with E-state index < -0.39 is 0 Å². The molecule has 0 fully saturated rings. The Labute approximate surface area is 123 Å². The third kappa shape index (κ3) is 14.2. The molecule has 0 aliphatic rings. The van der Waals surface area contributed by atoms with Gasteiger partial charge in [-0.1, -0.05) is 105 Å². The van der Waals surface area contributed by atoms with Crippen LogP contribution in [0.1, 0.15) is 118 Å². The summed E-state index contributed by atoms with van der Waals surface area (Å²) in [6.45, 7) is 9.51. The average Bonchev–Trinajstić information content (AvgIpc) is 2.38. The molecule has 0 aliphatic heterocycles. The zero-order chi connectivity index (χ0) is 14.4. The summed E-state index contributed by atoms with van der Waals surface area (Å²) in [5.41, 5.74) is 0.593. The van der Waals surface area contributed by atoms with Gasteiger partial charge < -0.3 is 0 Å². The normalized spacial score (nSPS) is 12.0. The molecule has 0 rings (SSSR count). The van der Waals surface area contributed by atoms with Crippen molar-refractivity contribution in [2.75, 3.05) is 0 Å². The lowest BCUT2D eigenvalue weighted by atomic mass is 9.82. The minimum atomic E-state index is 0.593. The molecule has 0 unspecified atom stereocenters. The van der Waals surface area contributed by atoms with Crippen molar-refractivity contribution in [2.45, 2.75) is 118 Å². The molecule has 0 spiro atoms. The predicted molar refractivity (Wildman–Crippen MR) is 89.8 cm³/mol. The smallest absolute Gasteiger partial charge is 0.0354 e. The van der Waals surface area contributed by atoms with Gasteiger partial charge in [0.1, 0.15) is 0 Å². The molecule has 0 nitrogen and oxygen atoms in total. The summed E-state index contributed by atoms with van der Waals surface area (Å²) in [5, 5.41) is 0. The van der Waals surface area contributed by atoms with E-state index in [1.807, 2.05) is 0 Å². The molecule has 0 N–H and O–H groups in total. The van der Waals surface area contributed by atoms with Crippen molar-refractivity contribution in [1.29, 1.82) is 0 Å². The summed E-state index contributed by atoms with van der Waals surface area (Å²) in [6.07, 6.45) is 20.2. The molecule has 0 atom stereocenters. The van der Waals surface area contributed by atoms with Crippen molar-refractivity contribution < 1.29 is 0 Å². The van der Waals surface area contributed by atoms with Crippen LogP contribution in [0.2, 0.25) is 0 Å². The second-order valence-corrected chi connectivity index (χ2v) is 7.20. The highest BCUT2D eigenvalue weighted by Crippen LogP contribution is 2.29. The van der Waals surface area contributed by atoms with Crippen LogP contribution in [-0.2, 0) is 0 Å². The van der Waals surface area contributed by atoms with Crippen LogP contribution >= 0.6 is 0 Å². The highest BCUT2D eigenvalue weighted by Gasteiger charge is 2.15. The largest absolute Gasteiger partial charge is 0.0654 e. The van der Waals surface area contributed by atoms with Crippen LogP contribution in [0.5, 0.6) is 0 Å². The van der Waals surface area contributed by atoms with E-state index in [0.29, 0.717) is 5.41 Å². The van der Waals surface area contributed by atoms with Gasteiger partial charge in [-0.25, -0.2) is 0 Å². The fraction of sp³-hybridized carbons (Fsp3) is 1.00. The van der Waals surface area contributed by atoms with Crippen molar-refractivity contribution in [3.05, 3.63) is 0 Å². The third-order valence-electron chi connectivity index (χ3n) is 4.41. The lowest BCUT2D eigenvalue weighted by Gasteiger charge is -2.24. The van der Waals surface area contributed by atoms with Gasteiger partial charge in [0.05, 0.1) is 0 Å². The van der Waals surface area contributed by atoms with Gasteiger partial charge >= 0.3 is 0 Å². The van der Waals surface area contributed by atoms with Gasteiger partial charge in [0, 0.05) is 0 Å². The second-order valence-electron chi connectivity index (χ2n) is 7.20. The Balaban J connectivity index is 3.21. The molecule has 0 heterocycles. The third-order valence-corrected chi connectivity index (χ3v) is 4.41. The van der Waals surface area contributed by atoms with Crippen LogP contribution in [0.4, 0.5) is 0 Å². The Kier molecular flexibility index (Phi) is 13.0. The molecule has 0 aliphatic carbocycles. The van der Waals surface area contributed by atoms with E-state index in [4.69, 9.17) is 0 Å². The Morgan fingerprint density at radius 2 is 0.842 bits per heavy atom. The summed E-state index contributed by atoms with van der Waals surface area (Å²) >= 11 is 0. The predicted octanol–water partition coefficient (Wildman–Crippen LogP) is 7.51. The fourth-order valence-corrected chi connectivity index (χ4v) is 2.87. The Morgan fingerprint density at radius 3 is 1.32 bits per heavy atom. The highest BCUT2D eigenvalue weighted by atomic mass is 14.2. The van der Waals surface area contributed by atoms with Crippen LogP contribution in [0.3, 0.4) is 0 Å². The molecule has 0 saturated carbocycles. The van der Waals surface area contributed by atoms with E-state index in [-0.39, 0.29) is 0 Å². The zero-order valence-corrected chi connectivity index (χ0v) is 14.4. The molecule has 0 aromatic rings. The minimum Gasteiger partial charge on any atom is -0.0654 e. The van der Waals surface area contributed by atoms with Crippen LogP contribution in [-0.4, -0.2) is 0 Å². The van der Waals surface area contributed by atoms with Gasteiger partial charge in [-0.3, -0.25) is 0 Å². The summed E-state index contributed by atoms with van der Waals surface area (Å²) < 4.78 is 0. The molecule has 0 amide bonds. The minimum absolute atomic E-state index is 0.593. The summed E-state index contributed by atoms with van der Waals surface area (Å²) in [5.74, 6) is 0. The average molecular weight is 269 g/mol. The fourth-order valence-electron chi connectivity index (χ4n) is 2.87. The number of rotatable bonds is 14. The first-order valence-corrected chi connectivity index (χ1v) is 9.12. The quantitative estimate of drug-likeness (QED) is 0.286.